The molecule has 4 heteroatoms. The number of nitrogens with zero attached hydrogens (tertiary/aromatic N) is 2. The van der Waals surface area contributed by atoms with Gasteiger partial charge in [0.25, 0.3) is 0 Å². The van der Waals surface area contributed by atoms with Crippen LogP contribution in [-0.4, -0.2) is 40.2 Å². The Hall–Kier alpha value is -2.95. The fourth-order valence-corrected chi connectivity index (χ4v) is 9.04. The molecule has 2 aliphatic heterocycles. The Bertz CT molecular complexity index is 1710. The molecule has 1 N–H and O–H groups in total. The molecule has 1 spiro atoms. The molecule has 3 heterocycles. The van der Waals surface area contributed by atoms with E-state index in [9.17, 15) is 5.11 Å². The van der Waals surface area contributed by atoms with Crippen molar-refractivity contribution in [2.75, 3.05) is 13.6 Å². The molecule has 0 unspecified atom stereocenters. The van der Waals surface area contributed by atoms with E-state index in [1.807, 2.05) is 0 Å². The Morgan fingerprint density at radius 3 is 2.81 bits per heavy atom. The number of likely N-dealkylation sites (N-methyl/N-ethyl adjacent to an activating group) is 1. The van der Waals surface area contributed by atoms with Crippen molar-refractivity contribution in [1.82, 2.24) is 9.88 Å². The number of hydrogen-bond acceptors (Lipinski definition) is 4. The third kappa shape index (κ3) is 1.98. The quantitative estimate of drug-likeness (QED) is 0.364. The molecule has 1 saturated heterocycles. The molecule has 4 atom stereocenters. The SMILES string of the molecule is Cc1ccc2c3c1O[C@H]1c4nc5c(cc6c7c(cccc75)CC6)c(C)c4C[C@@]4(O)[C@H](C2)N(C)CC[C@]314. The first kappa shape index (κ1) is 20.1. The number of likely N-dealkylation sites (tertiary alicyclic amines) is 1. The van der Waals surface area contributed by atoms with Crippen LogP contribution < -0.4 is 4.74 Å². The van der Waals surface area contributed by atoms with Crippen molar-refractivity contribution >= 4 is 21.7 Å². The third-order valence-electron chi connectivity index (χ3n) is 10.8. The molecule has 0 amide bonds. The molecule has 180 valence electrons. The average molecular weight is 475 g/mol. The van der Waals surface area contributed by atoms with Gasteiger partial charge in [0.2, 0.25) is 0 Å². The topological polar surface area (TPSA) is 45.6 Å². The number of aromatic nitrogens is 1. The minimum atomic E-state index is -0.870. The highest BCUT2D eigenvalue weighted by Crippen LogP contribution is 2.67. The summed E-state index contributed by atoms with van der Waals surface area (Å²) in [5.41, 5.74) is 10.0. The van der Waals surface area contributed by atoms with Gasteiger partial charge in [-0.3, -0.25) is 0 Å². The van der Waals surface area contributed by atoms with E-state index in [-0.39, 0.29) is 12.1 Å². The van der Waals surface area contributed by atoms with Crippen molar-refractivity contribution in [3.63, 3.8) is 0 Å². The zero-order valence-corrected chi connectivity index (χ0v) is 21.1. The summed E-state index contributed by atoms with van der Waals surface area (Å²) in [5, 5.41) is 16.8. The predicted molar refractivity (Wildman–Crippen MR) is 141 cm³/mol. The molecule has 3 aliphatic carbocycles. The molecule has 1 aromatic heterocycles. The Kier molecular flexibility index (Phi) is 3.43. The summed E-state index contributed by atoms with van der Waals surface area (Å²) >= 11 is 0. The predicted octanol–water partition coefficient (Wildman–Crippen LogP) is 5.02. The number of benzene rings is 3. The van der Waals surface area contributed by atoms with Crippen LogP contribution >= 0.6 is 0 Å². The molecular formula is C32H30N2O2. The lowest BCUT2D eigenvalue weighted by atomic mass is 9.48. The van der Waals surface area contributed by atoms with E-state index in [4.69, 9.17) is 9.72 Å². The summed E-state index contributed by atoms with van der Waals surface area (Å²) in [7, 11) is 2.19. The van der Waals surface area contributed by atoms with Crippen LogP contribution in [-0.2, 0) is 31.1 Å². The van der Waals surface area contributed by atoms with Crippen LogP contribution in [0.25, 0.3) is 21.7 Å². The third-order valence-corrected chi connectivity index (χ3v) is 10.8. The van der Waals surface area contributed by atoms with Crippen molar-refractivity contribution in [1.29, 1.82) is 0 Å². The van der Waals surface area contributed by atoms with Gasteiger partial charge in [0.1, 0.15) is 5.75 Å². The van der Waals surface area contributed by atoms with Gasteiger partial charge < -0.3 is 14.7 Å². The second-order valence-corrected chi connectivity index (χ2v) is 12.1. The van der Waals surface area contributed by atoms with Gasteiger partial charge in [-0.1, -0.05) is 30.3 Å². The lowest BCUT2D eigenvalue weighted by Gasteiger charge is -2.62. The molecule has 5 aliphatic rings. The van der Waals surface area contributed by atoms with E-state index in [0.29, 0.717) is 6.42 Å². The molecular weight excluding hydrogens is 444 g/mol. The minimum Gasteiger partial charge on any atom is -0.482 e. The molecule has 36 heavy (non-hydrogen) atoms. The first-order chi connectivity index (χ1) is 17.4. The van der Waals surface area contributed by atoms with Crippen molar-refractivity contribution in [2.24, 2.45) is 0 Å². The van der Waals surface area contributed by atoms with Crippen LogP contribution in [0, 0.1) is 13.8 Å². The van der Waals surface area contributed by atoms with Crippen molar-refractivity contribution < 1.29 is 9.84 Å². The Morgan fingerprint density at radius 1 is 1.06 bits per heavy atom. The van der Waals surface area contributed by atoms with Gasteiger partial charge in [-0.15, -0.1) is 0 Å². The summed E-state index contributed by atoms with van der Waals surface area (Å²) in [5.74, 6) is 1.01. The van der Waals surface area contributed by atoms with Gasteiger partial charge >= 0.3 is 0 Å². The largest absolute Gasteiger partial charge is 0.482 e. The molecule has 0 radical (unpaired) electrons. The van der Waals surface area contributed by atoms with Crippen molar-refractivity contribution in [3.8, 4) is 5.75 Å². The van der Waals surface area contributed by atoms with Gasteiger partial charge in [-0.2, -0.15) is 0 Å². The number of hydrogen-bond donors (Lipinski definition) is 1. The maximum absolute atomic E-state index is 12.8. The van der Waals surface area contributed by atoms with E-state index < -0.39 is 11.0 Å². The smallest absolute Gasteiger partial charge is 0.153 e. The van der Waals surface area contributed by atoms with Gasteiger partial charge in [-0.05, 0) is 98.0 Å². The Balaban J connectivity index is 1.41. The summed E-state index contributed by atoms with van der Waals surface area (Å²) in [6.45, 7) is 5.37. The summed E-state index contributed by atoms with van der Waals surface area (Å²) in [6, 6.07) is 13.7. The number of rotatable bonds is 0. The first-order valence-corrected chi connectivity index (χ1v) is 13.5. The molecule has 0 saturated carbocycles. The monoisotopic (exact) mass is 474 g/mol. The summed E-state index contributed by atoms with van der Waals surface area (Å²) in [4.78, 5) is 7.90. The zero-order valence-electron chi connectivity index (χ0n) is 21.1. The fourth-order valence-electron chi connectivity index (χ4n) is 9.04. The molecule has 1 fully saturated rings. The van der Waals surface area contributed by atoms with Gasteiger partial charge in [-0.25, -0.2) is 4.98 Å². The number of aryl methyl sites for hydroxylation is 4. The normalized spacial score (nSPS) is 31.0. The maximum atomic E-state index is 12.8. The molecule has 2 bridgehead atoms. The van der Waals surface area contributed by atoms with Gasteiger partial charge in [0.15, 0.2) is 6.10 Å². The van der Waals surface area contributed by atoms with Gasteiger partial charge in [0.05, 0.1) is 22.2 Å². The van der Waals surface area contributed by atoms with Crippen LogP contribution in [0.15, 0.2) is 36.4 Å². The van der Waals surface area contributed by atoms with E-state index in [2.05, 4.69) is 62.2 Å². The summed E-state index contributed by atoms with van der Waals surface area (Å²) < 4.78 is 6.97. The molecule has 4 nitrogen and oxygen atoms in total. The number of fused-ring (bicyclic) bond motifs is 4. The highest BCUT2D eigenvalue weighted by atomic mass is 16.5. The van der Waals surface area contributed by atoms with E-state index in [1.54, 1.807) is 0 Å². The highest BCUT2D eigenvalue weighted by Gasteiger charge is 2.72. The van der Waals surface area contributed by atoms with Crippen LogP contribution in [0.5, 0.6) is 5.75 Å². The first-order valence-electron chi connectivity index (χ1n) is 13.5. The van der Waals surface area contributed by atoms with Crippen LogP contribution in [0.2, 0.25) is 0 Å². The lowest BCUT2D eigenvalue weighted by Crippen LogP contribution is -2.74. The minimum absolute atomic E-state index is 0.0820. The van der Waals surface area contributed by atoms with Crippen LogP contribution in [0.3, 0.4) is 0 Å². The van der Waals surface area contributed by atoms with Crippen molar-refractivity contribution in [3.05, 3.63) is 81.0 Å². The number of pyridine rings is 1. The second kappa shape index (κ2) is 6.12. The summed E-state index contributed by atoms with van der Waals surface area (Å²) in [6.07, 6.45) is 4.38. The zero-order chi connectivity index (χ0) is 24.1. The standard InChI is InChI=1S/C32H30N2O2/c1-16-7-8-20-14-24-32(35)15-23-17(2)22-13-19-10-9-18-5-4-6-21(25(18)19)27(22)33-28(23)30-31(32,11-12-34(24)3)26(20)29(16)36-30/h4-8,13,24,30,35H,9-12,14-15H2,1-3H3/t24-,30-,31-,32+/m0/s1. The van der Waals surface area contributed by atoms with E-state index >= 15 is 0 Å². The van der Waals surface area contributed by atoms with Crippen LogP contribution in [0.4, 0.5) is 0 Å². The molecule has 4 aromatic rings. The second-order valence-electron chi connectivity index (χ2n) is 12.1. The van der Waals surface area contributed by atoms with Gasteiger partial charge in [0, 0.05) is 28.8 Å². The fraction of sp³-hybridized carbons (Fsp3) is 0.406. The molecule has 3 aromatic carbocycles. The molecule has 9 rings (SSSR count). The average Bonchev–Trinajstić information content (AvgIpc) is 3.45. The lowest BCUT2D eigenvalue weighted by molar-refractivity contribution is -0.168. The maximum Gasteiger partial charge on any atom is 0.153 e. The number of piperidine rings is 1. The Labute approximate surface area is 210 Å². The van der Waals surface area contributed by atoms with Crippen LogP contribution in [0.1, 0.15) is 57.2 Å². The Morgan fingerprint density at radius 2 is 1.92 bits per heavy atom. The van der Waals surface area contributed by atoms with E-state index in [1.165, 1.54) is 55.1 Å². The highest BCUT2D eigenvalue weighted by molar-refractivity contribution is 6.10. The number of aliphatic hydroxyl groups is 1. The van der Waals surface area contributed by atoms with Crippen molar-refractivity contribution in [2.45, 2.75) is 69.1 Å². The number of ether oxygens (including phenoxy) is 1. The van der Waals surface area contributed by atoms with E-state index in [0.717, 1.165) is 49.2 Å².